The molecule has 0 aliphatic rings. The number of nitrogens with one attached hydrogen (secondary N) is 1. The lowest BCUT2D eigenvalue weighted by molar-refractivity contribution is -0.144. The van der Waals surface area contributed by atoms with E-state index >= 15 is 0 Å². The summed E-state index contributed by atoms with van der Waals surface area (Å²) >= 11 is 0. The Kier molecular flexibility index (Phi) is 8.67. The predicted molar refractivity (Wildman–Crippen MR) is 82.9 cm³/mol. The molecule has 1 aromatic carbocycles. The van der Waals surface area contributed by atoms with Gasteiger partial charge in [0.05, 0.1) is 19.6 Å². The van der Waals surface area contributed by atoms with Crippen LogP contribution in [0.15, 0.2) is 24.3 Å². The van der Waals surface area contributed by atoms with Crippen molar-refractivity contribution >= 4 is 17.6 Å². The number of rotatable bonds is 10. The van der Waals surface area contributed by atoms with E-state index in [0.717, 1.165) is 0 Å². The highest BCUT2D eigenvalue weighted by Crippen LogP contribution is 2.16. The second kappa shape index (κ2) is 10.6. The number of ether oxygens (including phenoxy) is 3. The van der Waals surface area contributed by atoms with Crippen molar-refractivity contribution in [3.8, 4) is 5.75 Å². The summed E-state index contributed by atoms with van der Waals surface area (Å²) in [6.45, 7) is 5.68. The molecule has 1 N–H and O–H groups in total. The van der Waals surface area contributed by atoms with Crippen LogP contribution in [0.2, 0.25) is 0 Å². The van der Waals surface area contributed by atoms with Crippen LogP contribution in [0, 0.1) is 0 Å². The van der Waals surface area contributed by atoms with E-state index in [1.165, 1.54) is 0 Å². The molecule has 0 atom stereocenters. The SMILES string of the molecule is CCOCCOc1ccc(NC(=O)CCC(=O)OCC)cc1. The van der Waals surface area contributed by atoms with Gasteiger partial charge in [-0.15, -0.1) is 0 Å². The van der Waals surface area contributed by atoms with Crippen LogP contribution in [-0.2, 0) is 19.1 Å². The Labute approximate surface area is 130 Å². The quantitative estimate of drug-likeness (QED) is 0.530. The summed E-state index contributed by atoms with van der Waals surface area (Å²) in [6, 6.07) is 7.04. The van der Waals surface area contributed by atoms with Gasteiger partial charge in [-0.25, -0.2) is 0 Å². The van der Waals surface area contributed by atoms with Crippen molar-refractivity contribution < 1.29 is 23.8 Å². The van der Waals surface area contributed by atoms with Crippen molar-refractivity contribution in [2.75, 3.05) is 31.7 Å². The summed E-state index contributed by atoms with van der Waals surface area (Å²) in [7, 11) is 0. The third-order valence-corrected chi connectivity index (χ3v) is 2.70. The number of carbonyl (C=O) groups excluding carboxylic acids is 2. The Morgan fingerprint density at radius 3 is 2.36 bits per heavy atom. The number of amides is 1. The van der Waals surface area contributed by atoms with E-state index in [2.05, 4.69) is 5.32 Å². The Hall–Kier alpha value is -2.08. The van der Waals surface area contributed by atoms with Gasteiger partial charge >= 0.3 is 5.97 Å². The van der Waals surface area contributed by atoms with Gasteiger partial charge in [-0.3, -0.25) is 9.59 Å². The molecule has 6 heteroatoms. The zero-order valence-corrected chi connectivity index (χ0v) is 13.1. The summed E-state index contributed by atoms with van der Waals surface area (Å²) in [6.07, 6.45) is 0.184. The van der Waals surface area contributed by atoms with Crippen molar-refractivity contribution in [2.24, 2.45) is 0 Å². The second-order valence-electron chi connectivity index (χ2n) is 4.42. The number of benzene rings is 1. The first-order valence-corrected chi connectivity index (χ1v) is 7.41. The third-order valence-electron chi connectivity index (χ3n) is 2.70. The molecule has 1 rings (SSSR count). The molecule has 22 heavy (non-hydrogen) atoms. The van der Waals surface area contributed by atoms with Gasteiger partial charge < -0.3 is 19.5 Å². The molecule has 0 aromatic heterocycles. The largest absolute Gasteiger partial charge is 0.491 e. The third kappa shape index (κ3) is 7.64. The Bertz CT molecular complexity index is 458. The van der Waals surface area contributed by atoms with Gasteiger partial charge in [0, 0.05) is 18.7 Å². The summed E-state index contributed by atoms with van der Waals surface area (Å²) in [4.78, 5) is 22.8. The summed E-state index contributed by atoms with van der Waals surface area (Å²) in [5, 5.41) is 2.72. The molecule has 0 fully saturated rings. The van der Waals surface area contributed by atoms with Crippen LogP contribution in [-0.4, -0.2) is 38.3 Å². The highest BCUT2D eigenvalue weighted by molar-refractivity contribution is 5.92. The summed E-state index contributed by atoms with van der Waals surface area (Å²) in [5.74, 6) is 0.123. The van der Waals surface area contributed by atoms with Crippen LogP contribution in [0.1, 0.15) is 26.7 Å². The molecule has 122 valence electrons. The molecular weight excluding hydrogens is 286 g/mol. The zero-order chi connectivity index (χ0) is 16.2. The second-order valence-corrected chi connectivity index (χ2v) is 4.42. The fraction of sp³-hybridized carbons (Fsp3) is 0.500. The van der Waals surface area contributed by atoms with E-state index in [0.29, 0.717) is 37.9 Å². The van der Waals surface area contributed by atoms with Crippen molar-refractivity contribution in [3.05, 3.63) is 24.3 Å². The van der Waals surface area contributed by atoms with Gasteiger partial charge in [-0.05, 0) is 38.1 Å². The number of anilines is 1. The maximum atomic E-state index is 11.7. The Morgan fingerprint density at radius 1 is 1.00 bits per heavy atom. The molecule has 1 aromatic rings. The van der Waals surface area contributed by atoms with Crippen molar-refractivity contribution in [1.82, 2.24) is 0 Å². The first-order valence-electron chi connectivity index (χ1n) is 7.41. The first-order chi connectivity index (χ1) is 10.7. The van der Waals surface area contributed by atoms with Crippen molar-refractivity contribution in [1.29, 1.82) is 0 Å². The minimum absolute atomic E-state index is 0.0816. The summed E-state index contributed by atoms with van der Waals surface area (Å²) in [5.41, 5.74) is 0.658. The lowest BCUT2D eigenvalue weighted by Gasteiger charge is -2.08. The van der Waals surface area contributed by atoms with Crippen molar-refractivity contribution in [3.63, 3.8) is 0 Å². The molecule has 0 saturated carbocycles. The van der Waals surface area contributed by atoms with E-state index in [1.54, 1.807) is 31.2 Å². The fourth-order valence-electron chi connectivity index (χ4n) is 1.67. The maximum Gasteiger partial charge on any atom is 0.306 e. The van der Waals surface area contributed by atoms with Crippen LogP contribution in [0.25, 0.3) is 0 Å². The van der Waals surface area contributed by atoms with E-state index in [4.69, 9.17) is 14.2 Å². The Morgan fingerprint density at radius 2 is 1.73 bits per heavy atom. The summed E-state index contributed by atoms with van der Waals surface area (Å²) < 4.78 is 15.4. The van der Waals surface area contributed by atoms with Crippen LogP contribution in [0.5, 0.6) is 5.75 Å². The number of hydrogen-bond acceptors (Lipinski definition) is 5. The molecule has 0 bridgehead atoms. The fourth-order valence-corrected chi connectivity index (χ4v) is 1.67. The van der Waals surface area contributed by atoms with E-state index in [9.17, 15) is 9.59 Å². The lowest BCUT2D eigenvalue weighted by Crippen LogP contribution is -2.14. The standard InChI is InChI=1S/C16H23NO5/c1-3-20-11-12-22-14-7-5-13(6-8-14)17-15(18)9-10-16(19)21-4-2/h5-8H,3-4,9-12H2,1-2H3,(H,17,18). The van der Waals surface area contributed by atoms with Crippen molar-refractivity contribution in [2.45, 2.75) is 26.7 Å². The molecular formula is C16H23NO5. The number of esters is 1. The Balaban J connectivity index is 2.31. The molecule has 0 heterocycles. The molecule has 0 aliphatic carbocycles. The topological polar surface area (TPSA) is 73.9 Å². The first kappa shape index (κ1) is 18.0. The molecule has 1 amide bonds. The predicted octanol–water partition coefficient (Wildman–Crippen LogP) is 2.38. The molecule has 6 nitrogen and oxygen atoms in total. The highest BCUT2D eigenvalue weighted by atomic mass is 16.5. The average molecular weight is 309 g/mol. The van der Waals surface area contributed by atoms with E-state index in [1.807, 2.05) is 6.92 Å². The average Bonchev–Trinajstić information content (AvgIpc) is 2.51. The molecule has 0 radical (unpaired) electrons. The van der Waals surface area contributed by atoms with Crippen LogP contribution in [0.4, 0.5) is 5.69 Å². The number of carbonyl (C=O) groups is 2. The lowest BCUT2D eigenvalue weighted by atomic mass is 10.2. The minimum Gasteiger partial charge on any atom is -0.491 e. The molecule has 0 aliphatic heterocycles. The van der Waals surface area contributed by atoms with Crippen LogP contribution in [0.3, 0.4) is 0 Å². The van der Waals surface area contributed by atoms with Gasteiger partial charge in [0.2, 0.25) is 5.91 Å². The number of hydrogen-bond donors (Lipinski definition) is 1. The zero-order valence-electron chi connectivity index (χ0n) is 13.1. The van der Waals surface area contributed by atoms with Gasteiger partial charge in [0.25, 0.3) is 0 Å². The van der Waals surface area contributed by atoms with Gasteiger partial charge in [0.15, 0.2) is 0 Å². The van der Waals surface area contributed by atoms with Crippen LogP contribution >= 0.6 is 0 Å². The van der Waals surface area contributed by atoms with Gasteiger partial charge in [-0.2, -0.15) is 0 Å². The molecule has 0 unspecified atom stereocenters. The smallest absolute Gasteiger partial charge is 0.306 e. The minimum atomic E-state index is -0.365. The van der Waals surface area contributed by atoms with Crippen LogP contribution < -0.4 is 10.1 Å². The monoisotopic (exact) mass is 309 g/mol. The normalized spacial score (nSPS) is 10.1. The van der Waals surface area contributed by atoms with E-state index < -0.39 is 0 Å². The molecule has 0 saturated heterocycles. The molecule has 0 spiro atoms. The van der Waals surface area contributed by atoms with Gasteiger partial charge in [-0.1, -0.05) is 0 Å². The van der Waals surface area contributed by atoms with Gasteiger partial charge in [0.1, 0.15) is 12.4 Å². The van der Waals surface area contributed by atoms with E-state index in [-0.39, 0.29) is 24.7 Å². The highest BCUT2D eigenvalue weighted by Gasteiger charge is 2.07. The maximum absolute atomic E-state index is 11.7.